The van der Waals surface area contributed by atoms with Crippen molar-refractivity contribution in [3.8, 4) is 0 Å². The van der Waals surface area contributed by atoms with Crippen LogP contribution in [-0.2, 0) is 0 Å². The minimum Gasteiger partial charge on any atom is -0.711 e. The molecule has 20 heavy (non-hydrogen) atoms. The van der Waals surface area contributed by atoms with Crippen molar-refractivity contribution in [1.29, 1.82) is 0 Å². The summed E-state index contributed by atoms with van der Waals surface area (Å²) in [5, 5.41) is 23.8. The Bertz CT molecular complexity index is 598. The van der Waals surface area contributed by atoms with Crippen molar-refractivity contribution in [2.45, 2.75) is 20.8 Å². The third kappa shape index (κ3) is 2.71. The van der Waals surface area contributed by atoms with Gasteiger partial charge in [-0.2, -0.15) is 0 Å². The number of fused-ring (bicyclic) bond motifs is 1. The molecule has 0 bridgehead atoms. The summed E-state index contributed by atoms with van der Waals surface area (Å²) < 4.78 is 0.891. The molecule has 1 heterocycles. The van der Waals surface area contributed by atoms with Crippen LogP contribution in [0.3, 0.4) is 0 Å². The Hall–Kier alpha value is -2.17. The van der Waals surface area contributed by atoms with E-state index in [-0.39, 0.29) is 0 Å². The van der Waals surface area contributed by atoms with Crippen molar-refractivity contribution in [3.63, 3.8) is 0 Å². The number of aromatic nitrogens is 1. The number of anilines is 3. The highest BCUT2D eigenvalue weighted by Gasteiger charge is 2.11. The summed E-state index contributed by atoms with van der Waals surface area (Å²) >= 11 is 0. The van der Waals surface area contributed by atoms with Crippen molar-refractivity contribution < 1.29 is 4.73 Å². The normalized spacial score (nSPS) is 10.6. The van der Waals surface area contributed by atoms with Crippen molar-refractivity contribution in [2.24, 2.45) is 0 Å². The van der Waals surface area contributed by atoms with Crippen LogP contribution in [0.1, 0.15) is 20.8 Å². The molecule has 1 aromatic heterocycles. The van der Waals surface area contributed by atoms with E-state index in [1.807, 2.05) is 26.0 Å². The first-order valence-electron chi connectivity index (χ1n) is 7.12. The number of hydrogen-bond acceptors (Lipinski definition) is 4. The van der Waals surface area contributed by atoms with Gasteiger partial charge in [-0.1, -0.05) is 0 Å². The molecule has 0 aliphatic rings. The topological polar surface area (TPSA) is 63.0 Å². The Morgan fingerprint density at radius 1 is 0.900 bits per heavy atom. The second kappa shape index (κ2) is 6.32. The summed E-state index contributed by atoms with van der Waals surface area (Å²) in [6.07, 6.45) is 1.63. The van der Waals surface area contributed by atoms with E-state index in [1.165, 1.54) is 0 Å². The Morgan fingerprint density at radius 2 is 1.45 bits per heavy atom. The maximum absolute atomic E-state index is 12.1. The van der Waals surface area contributed by atoms with E-state index in [9.17, 15) is 5.21 Å². The fourth-order valence-corrected chi connectivity index (χ4v) is 2.32. The summed E-state index contributed by atoms with van der Waals surface area (Å²) in [5.41, 5.74) is 2.03. The van der Waals surface area contributed by atoms with Crippen LogP contribution < -0.4 is 20.7 Å². The molecule has 0 saturated heterocycles. The van der Waals surface area contributed by atoms with Gasteiger partial charge in [-0.25, -0.2) is 4.73 Å². The van der Waals surface area contributed by atoms with Gasteiger partial charge in [0.15, 0.2) is 0 Å². The monoisotopic (exact) mass is 274 g/mol. The Morgan fingerprint density at radius 3 is 2.00 bits per heavy atom. The zero-order valence-corrected chi connectivity index (χ0v) is 12.3. The number of rotatable bonds is 6. The lowest BCUT2D eigenvalue weighted by atomic mass is 10.1. The lowest BCUT2D eigenvalue weighted by Gasteiger charge is -2.16. The van der Waals surface area contributed by atoms with Crippen molar-refractivity contribution in [2.75, 3.05) is 35.6 Å². The van der Waals surface area contributed by atoms with E-state index in [2.05, 4.69) is 28.9 Å². The van der Waals surface area contributed by atoms with Crippen LogP contribution in [0.15, 0.2) is 24.4 Å². The van der Waals surface area contributed by atoms with Crippen molar-refractivity contribution in [3.05, 3.63) is 29.6 Å². The third-order valence-electron chi connectivity index (χ3n) is 3.14. The average Bonchev–Trinajstić information content (AvgIpc) is 2.43. The van der Waals surface area contributed by atoms with Gasteiger partial charge in [0, 0.05) is 41.3 Å². The zero-order chi connectivity index (χ0) is 14.5. The summed E-state index contributed by atoms with van der Waals surface area (Å²) in [6, 6.07) is 5.97. The molecule has 0 spiro atoms. The molecule has 2 rings (SSSR count). The second-order valence-corrected chi connectivity index (χ2v) is 4.56. The number of nitrogens with zero attached hydrogens (tertiary/aromatic N) is 1. The molecule has 0 saturated carbocycles. The third-order valence-corrected chi connectivity index (χ3v) is 3.14. The molecule has 0 atom stereocenters. The van der Waals surface area contributed by atoms with Crippen LogP contribution >= 0.6 is 0 Å². The van der Waals surface area contributed by atoms with Crippen LogP contribution in [0.5, 0.6) is 0 Å². The molecule has 5 nitrogen and oxygen atoms in total. The van der Waals surface area contributed by atoms with E-state index in [4.69, 9.17) is 0 Å². The average molecular weight is 274 g/mol. The summed E-state index contributed by atoms with van der Waals surface area (Å²) in [5.74, 6) is 0.577. The number of nitrogens with one attached hydrogen (secondary N) is 3. The quantitative estimate of drug-likeness (QED) is 0.560. The van der Waals surface area contributed by atoms with Crippen LogP contribution in [-0.4, -0.2) is 19.6 Å². The predicted molar refractivity (Wildman–Crippen MR) is 85.4 cm³/mol. The maximum Gasteiger partial charge on any atom is 0.278 e. The molecule has 3 N–H and O–H groups in total. The highest BCUT2D eigenvalue weighted by atomic mass is 16.5. The van der Waals surface area contributed by atoms with Gasteiger partial charge >= 0.3 is 0 Å². The number of pyridine rings is 1. The summed E-state index contributed by atoms with van der Waals surface area (Å²) in [6.45, 7) is 8.47. The van der Waals surface area contributed by atoms with Gasteiger partial charge in [0.2, 0.25) is 0 Å². The highest BCUT2D eigenvalue weighted by Crippen LogP contribution is 2.30. The van der Waals surface area contributed by atoms with Crippen molar-refractivity contribution >= 4 is 28.0 Å². The zero-order valence-electron chi connectivity index (χ0n) is 12.3. The highest BCUT2D eigenvalue weighted by molar-refractivity contribution is 6.01. The minimum atomic E-state index is 0.577. The Balaban J connectivity index is 2.64. The second-order valence-electron chi connectivity index (χ2n) is 4.56. The molecule has 108 valence electrons. The van der Waals surface area contributed by atoms with E-state index < -0.39 is 0 Å². The standard InChI is InChI=1S/C15H22N4O/c1-4-16-13-7-8-14(17-5-2)12-10-19(20)15(18-6-3)9-11(12)13/h7-10,16-18H,4-6H2,1-3H3. The molecule has 1 aromatic carbocycles. The van der Waals surface area contributed by atoms with Gasteiger partial charge in [-0.05, 0) is 32.9 Å². The lowest BCUT2D eigenvalue weighted by molar-refractivity contribution is -0.588. The molecular formula is C15H22N4O. The van der Waals surface area contributed by atoms with E-state index in [0.717, 1.165) is 46.5 Å². The van der Waals surface area contributed by atoms with Gasteiger partial charge in [-0.3, -0.25) is 5.32 Å². The molecule has 0 radical (unpaired) electrons. The largest absolute Gasteiger partial charge is 0.711 e. The first kappa shape index (κ1) is 14.2. The predicted octanol–water partition coefficient (Wildman–Crippen LogP) is 2.77. The molecule has 0 fully saturated rings. The van der Waals surface area contributed by atoms with E-state index in [1.54, 1.807) is 6.20 Å². The number of benzene rings is 1. The Labute approximate surface area is 119 Å². The minimum absolute atomic E-state index is 0.577. The van der Waals surface area contributed by atoms with Gasteiger partial charge in [0.25, 0.3) is 5.82 Å². The van der Waals surface area contributed by atoms with Crippen LogP contribution in [0, 0.1) is 5.21 Å². The molecule has 0 amide bonds. The maximum atomic E-state index is 12.1. The van der Waals surface area contributed by atoms with Gasteiger partial charge in [0.1, 0.15) is 6.20 Å². The van der Waals surface area contributed by atoms with E-state index >= 15 is 0 Å². The summed E-state index contributed by atoms with van der Waals surface area (Å²) in [7, 11) is 0. The SMILES string of the molecule is CCNc1ccc(NCC)c2c[n+]([O-])c(NCC)cc12. The molecule has 5 heteroatoms. The molecule has 0 unspecified atom stereocenters. The first-order chi connectivity index (χ1) is 9.71. The smallest absolute Gasteiger partial charge is 0.278 e. The fraction of sp³-hybridized carbons (Fsp3) is 0.400. The Kier molecular flexibility index (Phi) is 4.50. The van der Waals surface area contributed by atoms with E-state index in [0.29, 0.717) is 5.82 Å². The summed E-state index contributed by atoms with van der Waals surface area (Å²) in [4.78, 5) is 0. The number of hydrogen-bond donors (Lipinski definition) is 3. The molecular weight excluding hydrogens is 252 g/mol. The lowest BCUT2D eigenvalue weighted by Crippen LogP contribution is -2.30. The fourth-order valence-electron chi connectivity index (χ4n) is 2.32. The van der Waals surface area contributed by atoms with Gasteiger partial charge in [0.05, 0.1) is 6.54 Å². The molecule has 0 aliphatic carbocycles. The first-order valence-corrected chi connectivity index (χ1v) is 7.12. The van der Waals surface area contributed by atoms with Crippen LogP contribution in [0.4, 0.5) is 17.2 Å². The van der Waals surface area contributed by atoms with Crippen LogP contribution in [0.2, 0.25) is 0 Å². The van der Waals surface area contributed by atoms with Crippen LogP contribution in [0.25, 0.3) is 10.8 Å². The van der Waals surface area contributed by atoms with Gasteiger partial charge in [-0.15, -0.1) is 0 Å². The van der Waals surface area contributed by atoms with Crippen molar-refractivity contribution in [1.82, 2.24) is 0 Å². The van der Waals surface area contributed by atoms with Gasteiger partial charge < -0.3 is 15.8 Å². The molecule has 2 aromatic rings. The molecule has 0 aliphatic heterocycles.